The average Bonchev–Trinajstić information content (AvgIpc) is 2.44. The van der Waals surface area contributed by atoms with E-state index in [1.165, 1.54) is 52.6 Å². The first-order valence-electron chi connectivity index (χ1n) is 5.30. The summed E-state index contributed by atoms with van der Waals surface area (Å²) in [4.78, 5) is 21.2. The van der Waals surface area contributed by atoms with Crippen molar-refractivity contribution in [3.8, 4) is 0 Å². The number of rotatable bonds is 5. The summed E-state index contributed by atoms with van der Waals surface area (Å²) in [6, 6.07) is 5.49. The van der Waals surface area contributed by atoms with E-state index in [1.807, 2.05) is 0 Å². The summed E-state index contributed by atoms with van der Waals surface area (Å²) in [5, 5.41) is 1.05. The summed E-state index contributed by atoms with van der Waals surface area (Å²) >= 11 is 0. The van der Waals surface area contributed by atoms with Crippen molar-refractivity contribution in [1.82, 2.24) is 9.53 Å². The Morgan fingerprint density at radius 2 is 1.58 bits per heavy atom. The second-order valence-corrected chi connectivity index (χ2v) is 5.54. The van der Waals surface area contributed by atoms with Crippen LogP contribution in [0.4, 0.5) is 0 Å². The molecule has 0 radical (unpaired) electrons. The van der Waals surface area contributed by atoms with Crippen molar-refractivity contribution in [2.75, 3.05) is 28.3 Å². The van der Waals surface area contributed by atoms with Crippen LogP contribution in [0.25, 0.3) is 0 Å². The zero-order chi connectivity index (χ0) is 14.6. The highest BCUT2D eigenvalue weighted by molar-refractivity contribution is 7.89. The molecule has 0 aliphatic carbocycles. The van der Waals surface area contributed by atoms with Gasteiger partial charge >= 0.3 is 0 Å². The van der Waals surface area contributed by atoms with Crippen molar-refractivity contribution in [3.05, 3.63) is 29.8 Å². The summed E-state index contributed by atoms with van der Waals surface area (Å²) in [7, 11) is 1.66. The predicted molar refractivity (Wildman–Crippen MR) is 67.5 cm³/mol. The fourth-order valence-electron chi connectivity index (χ4n) is 1.28. The van der Waals surface area contributed by atoms with Crippen LogP contribution in [-0.2, 0) is 19.7 Å². The molecule has 1 amide bonds. The fraction of sp³-hybridized carbons (Fsp3) is 0.364. The Balaban J connectivity index is 3.04. The monoisotopic (exact) mass is 288 g/mol. The van der Waals surface area contributed by atoms with Gasteiger partial charge in [0.2, 0.25) is 0 Å². The van der Waals surface area contributed by atoms with Gasteiger partial charge in [-0.15, -0.1) is 0 Å². The van der Waals surface area contributed by atoms with Gasteiger partial charge in [0, 0.05) is 19.7 Å². The van der Waals surface area contributed by atoms with Crippen LogP contribution in [0.5, 0.6) is 0 Å². The Morgan fingerprint density at radius 3 is 2.00 bits per heavy atom. The molecular formula is C11H16N2O5S. The predicted octanol–water partition coefficient (Wildman–Crippen LogP) is 0.502. The number of carbonyl (C=O) groups is 1. The van der Waals surface area contributed by atoms with Gasteiger partial charge in [0.25, 0.3) is 15.9 Å². The minimum Gasteiger partial charge on any atom is -0.288 e. The van der Waals surface area contributed by atoms with Crippen LogP contribution in [0.15, 0.2) is 29.2 Å². The molecule has 1 rings (SSSR count). The summed E-state index contributed by atoms with van der Waals surface area (Å²) in [5.41, 5.74) is 0.323. The Kier molecular flexibility index (Phi) is 5.01. The van der Waals surface area contributed by atoms with Gasteiger partial charge in [0.15, 0.2) is 0 Å². The van der Waals surface area contributed by atoms with Crippen molar-refractivity contribution >= 4 is 15.9 Å². The molecule has 0 atom stereocenters. The van der Waals surface area contributed by atoms with Crippen LogP contribution in [0, 0.1) is 0 Å². The van der Waals surface area contributed by atoms with Crippen LogP contribution in [0.1, 0.15) is 10.4 Å². The third-order valence-electron chi connectivity index (χ3n) is 2.55. The van der Waals surface area contributed by atoms with Crippen LogP contribution in [0.3, 0.4) is 0 Å². The van der Waals surface area contributed by atoms with Crippen LogP contribution in [-0.4, -0.2) is 52.2 Å². The maximum Gasteiger partial charge on any atom is 0.277 e. The minimum absolute atomic E-state index is 0.0356. The van der Waals surface area contributed by atoms with Gasteiger partial charge in [-0.1, -0.05) is 4.47 Å². The molecular weight excluding hydrogens is 272 g/mol. The van der Waals surface area contributed by atoms with Crippen LogP contribution >= 0.6 is 0 Å². The SMILES string of the molecule is CON(C)C(=O)c1ccc(S(=O)(=O)N(C)OC)cc1. The maximum atomic E-state index is 11.9. The molecule has 0 heterocycles. The summed E-state index contributed by atoms with van der Waals surface area (Å²) in [6.45, 7) is 0. The third-order valence-corrected chi connectivity index (χ3v) is 4.25. The molecule has 0 saturated carbocycles. The zero-order valence-corrected chi connectivity index (χ0v) is 12.0. The molecule has 0 spiro atoms. The van der Waals surface area contributed by atoms with E-state index in [4.69, 9.17) is 4.84 Å². The highest BCUT2D eigenvalue weighted by Gasteiger charge is 2.21. The number of amides is 1. The molecule has 0 saturated heterocycles. The Hall–Kier alpha value is -1.48. The molecule has 0 fully saturated rings. The van der Waals surface area contributed by atoms with Crippen molar-refractivity contribution in [2.45, 2.75) is 4.90 Å². The maximum absolute atomic E-state index is 11.9. The standard InChI is InChI=1S/C11H16N2O5S/c1-12(17-3)11(14)9-5-7-10(8-6-9)19(15,16)13(2)18-4/h5-8H,1-4H3. The zero-order valence-electron chi connectivity index (χ0n) is 11.2. The lowest BCUT2D eigenvalue weighted by Crippen LogP contribution is -2.27. The molecule has 0 aliphatic heterocycles. The molecule has 0 bridgehead atoms. The van der Waals surface area contributed by atoms with Gasteiger partial charge in [-0.05, 0) is 24.3 Å². The second kappa shape index (κ2) is 6.11. The van der Waals surface area contributed by atoms with Crippen molar-refractivity contribution in [1.29, 1.82) is 0 Å². The smallest absolute Gasteiger partial charge is 0.277 e. The van der Waals surface area contributed by atoms with E-state index in [0.29, 0.717) is 5.56 Å². The van der Waals surface area contributed by atoms with Crippen molar-refractivity contribution in [2.24, 2.45) is 0 Å². The summed E-state index contributed by atoms with van der Waals surface area (Å²) < 4.78 is 24.6. The number of hydrogen-bond donors (Lipinski definition) is 0. The third kappa shape index (κ3) is 3.29. The highest BCUT2D eigenvalue weighted by atomic mass is 32.2. The highest BCUT2D eigenvalue weighted by Crippen LogP contribution is 2.15. The van der Waals surface area contributed by atoms with Crippen LogP contribution in [0.2, 0.25) is 0 Å². The van der Waals surface area contributed by atoms with Crippen molar-refractivity contribution in [3.63, 3.8) is 0 Å². The van der Waals surface area contributed by atoms with Gasteiger partial charge in [-0.2, -0.15) is 0 Å². The van der Waals surface area contributed by atoms with E-state index >= 15 is 0 Å². The van der Waals surface area contributed by atoms with E-state index in [2.05, 4.69) is 4.84 Å². The number of sulfonamides is 1. The van der Waals surface area contributed by atoms with Gasteiger partial charge in [0.05, 0.1) is 19.1 Å². The molecule has 0 aromatic heterocycles. The number of carbonyl (C=O) groups excluding carboxylic acids is 1. The normalized spacial score (nSPS) is 11.6. The van der Waals surface area contributed by atoms with E-state index in [0.717, 1.165) is 9.53 Å². The molecule has 1 aromatic carbocycles. The van der Waals surface area contributed by atoms with Gasteiger partial charge < -0.3 is 0 Å². The number of benzene rings is 1. The first-order valence-corrected chi connectivity index (χ1v) is 6.74. The second-order valence-electron chi connectivity index (χ2n) is 3.61. The topological polar surface area (TPSA) is 76.2 Å². The average molecular weight is 288 g/mol. The van der Waals surface area contributed by atoms with Crippen molar-refractivity contribution < 1.29 is 22.9 Å². The molecule has 8 heteroatoms. The molecule has 1 aromatic rings. The molecule has 0 N–H and O–H groups in total. The Labute approximate surface area is 112 Å². The van der Waals surface area contributed by atoms with Gasteiger partial charge in [-0.3, -0.25) is 14.5 Å². The number of hydroxylamine groups is 3. The van der Waals surface area contributed by atoms with Crippen LogP contribution < -0.4 is 0 Å². The first kappa shape index (κ1) is 15.6. The van der Waals surface area contributed by atoms with E-state index in [-0.39, 0.29) is 10.8 Å². The van der Waals surface area contributed by atoms with E-state index in [1.54, 1.807) is 0 Å². The number of nitrogens with zero attached hydrogens (tertiary/aromatic N) is 2. The molecule has 19 heavy (non-hydrogen) atoms. The Bertz CT molecular complexity index is 541. The molecule has 106 valence electrons. The largest absolute Gasteiger partial charge is 0.288 e. The van der Waals surface area contributed by atoms with Gasteiger partial charge in [0.1, 0.15) is 0 Å². The van der Waals surface area contributed by atoms with E-state index in [9.17, 15) is 13.2 Å². The quantitative estimate of drug-likeness (QED) is 0.738. The minimum atomic E-state index is -3.70. The molecule has 0 aliphatic rings. The lowest BCUT2D eigenvalue weighted by atomic mass is 10.2. The molecule has 0 unspecified atom stereocenters. The Morgan fingerprint density at radius 1 is 1.05 bits per heavy atom. The molecule has 7 nitrogen and oxygen atoms in total. The fourth-order valence-corrected chi connectivity index (χ4v) is 2.25. The van der Waals surface area contributed by atoms with Gasteiger partial charge in [-0.25, -0.2) is 13.5 Å². The summed E-state index contributed by atoms with van der Waals surface area (Å²) in [5.74, 6) is -0.369. The lowest BCUT2D eigenvalue weighted by Gasteiger charge is -2.15. The number of hydrogen-bond acceptors (Lipinski definition) is 5. The van der Waals surface area contributed by atoms with E-state index < -0.39 is 10.0 Å². The summed E-state index contributed by atoms with van der Waals surface area (Å²) in [6.07, 6.45) is 0. The first-order chi connectivity index (χ1) is 8.84. The lowest BCUT2D eigenvalue weighted by molar-refractivity contribution is -0.0757.